The molecule has 1 fully saturated rings. The number of alkyl halides is 3. The molecule has 4 rings (SSSR count). The van der Waals surface area contributed by atoms with Crippen LogP contribution < -0.4 is 15.1 Å². The first-order valence-electron chi connectivity index (χ1n) is 9.12. The lowest BCUT2D eigenvalue weighted by Gasteiger charge is -2.35. The average Bonchev–Trinajstić information content (AvgIpc) is 3.16. The molecule has 3 aromatic rings. The van der Waals surface area contributed by atoms with Gasteiger partial charge in [-0.15, -0.1) is 0 Å². The van der Waals surface area contributed by atoms with Gasteiger partial charge in [0.1, 0.15) is 5.82 Å². The summed E-state index contributed by atoms with van der Waals surface area (Å²) in [7, 11) is 1.52. The Hall–Kier alpha value is -3.01. The number of benzene rings is 1. The highest BCUT2D eigenvalue weighted by molar-refractivity contribution is 6.33. The zero-order valence-electron chi connectivity index (χ0n) is 15.8. The number of hydrogen-bond acceptors (Lipinski definition) is 6. The van der Waals surface area contributed by atoms with E-state index in [0.29, 0.717) is 42.6 Å². The summed E-state index contributed by atoms with van der Waals surface area (Å²) in [6, 6.07) is 5.33. The zero-order valence-corrected chi connectivity index (χ0v) is 16.6. The van der Waals surface area contributed by atoms with Crippen molar-refractivity contribution in [3.63, 3.8) is 0 Å². The lowest BCUT2D eigenvalue weighted by Crippen LogP contribution is -2.47. The van der Waals surface area contributed by atoms with Crippen LogP contribution in [0, 0.1) is 0 Å². The van der Waals surface area contributed by atoms with Crippen molar-refractivity contribution in [1.82, 2.24) is 15.5 Å². The van der Waals surface area contributed by atoms with E-state index in [1.807, 2.05) is 4.90 Å². The normalized spacial score (nSPS) is 15.0. The number of rotatable bonds is 3. The molecule has 0 spiro atoms. The number of carbonyl (C=O) groups excluding carboxylic acids is 1. The van der Waals surface area contributed by atoms with Crippen molar-refractivity contribution < 1.29 is 22.5 Å². The Bertz CT molecular complexity index is 1090. The molecule has 0 atom stereocenters. The molecule has 0 unspecified atom stereocenters. The fraction of sp³-hybridized carbons (Fsp3) is 0.316. The van der Waals surface area contributed by atoms with Crippen molar-refractivity contribution in [3.05, 3.63) is 46.6 Å². The van der Waals surface area contributed by atoms with Crippen LogP contribution in [-0.4, -0.2) is 49.3 Å². The summed E-state index contributed by atoms with van der Waals surface area (Å²) in [6.07, 6.45) is -3.07. The maximum absolute atomic E-state index is 13.4. The highest BCUT2D eigenvalue weighted by atomic mass is 35.5. The van der Waals surface area contributed by atoms with Crippen LogP contribution in [0.25, 0.3) is 11.0 Å². The molecule has 0 saturated carbocycles. The molecule has 3 heterocycles. The number of halogens is 4. The van der Waals surface area contributed by atoms with E-state index in [2.05, 4.69) is 15.5 Å². The summed E-state index contributed by atoms with van der Waals surface area (Å²) in [6.45, 7) is 1.75. The SMILES string of the molecule is CNC(=O)c1cnc(N2CCN(c3noc4cccc(C(F)(F)F)c34)CC2)c(Cl)c1. The fourth-order valence-corrected chi connectivity index (χ4v) is 3.78. The quantitative estimate of drug-likeness (QED) is 0.672. The zero-order chi connectivity index (χ0) is 21.5. The number of carbonyl (C=O) groups is 1. The number of fused-ring (bicyclic) bond motifs is 1. The Labute approximate surface area is 174 Å². The highest BCUT2D eigenvalue weighted by Crippen LogP contribution is 2.39. The molecule has 1 aromatic carbocycles. The molecule has 1 aliphatic rings. The lowest BCUT2D eigenvalue weighted by molar-refractivity contribution is -0.136. The number of piperazine rings is 1. The third kappa shape index (κ3) is 3.62. The molecule has 0 aliphatic carbocycles. The van der Waals surface area contributed by atoms with E-state index in [9.17, 15) is 18.0 Å². The summed E-state index contributed by atoms with van der Waals surface area (Å²) >= 11 is 6.30. The van der Waals surface area contributed by atoms with E-state index >= 15 is 0 Å². The van der Waals surface area contributed by atoms with Gasteiger partial charge in [-0.05, 0) is 18.2 Å². The van der Waals surface area contributed by atoms with Crippen LogP contribution >= 0.6 is 11.6 Å². The minimum Gasteiger partial charge on any atom is -0.355 e. The highest BCUT2D eigenvalue weighted by Gasteiger charge is 2.36. The average molecular weight is 440 g/mol. The third-order valence-corrected chi connectivity index (χ3v) is 5.25. The number of nitrogens with zero attached hydrogens (tertiary/aromatic N) is 4. The topological polar surface area (TPSA) is 74.5 Å². The van der Waals surface area contributed by atoms with Crippen molar-refractivity contribution in [2.24, 2.45) is 0 Å². The first-order chi connectivity index (χ1) is 14.3. The van der Waals surface area contributed by atoms with Crippen molar-refractivity contribution in [2.45, 2.75) is 6.18 Å². The summed E-state index contributed by atoms with van der Waals surface area (Å²) in [5, 5.41) is 6.69. The van der Waals surface area contributed by atoms with Crippen molar-refractivity contribution in [3.8, 4) is 0 Å². The van der Waals surface area contributed by atoms with Gasteiger partial charge < -0.3 is 19.6 Å². The Morgan fingerprint density at radius 1 is 1.17 bits per heavy atom. The molecule has 1 N–H and O–H groups in total. The minimum atomic E-state index is -4.51. The van der Waals surface area contributed by atoms with E-state index in [1.54, 1.807) is 4.90 Å². The predicted molar refractivity (Wildman–Crippen MR) is 106 cm³/mol. The molecule has 11 heteroatoms. The molecule has 0 bridgehead atoms. The molecular formula is C19H17ClF3N5O2. The monoisotopic (exact) mass is 439 g/mol. The lowest BCUT2D eigenvalue weighted by atomic mass is 10.1. The number of amides is 1. The Balaban J connectivity index is 1.55. The van der Waals surface area contributed by atoms with Gasteiger partial charge in [0.25, 0.3) is 5.91 Å². The second-order valence-corrected chi connectivity index (χ2v) is 7.17. The standard InChI is InChI=1S/C19H17ClF3N5O2/c1-24-18(29)11-9-13(20)16(25-10-11)27-5-7-28(8-6-27)17-15-12(19(21,22)23)3-2-4-14(15)30-26-17/h2-4,9-10H,5-8H2,1H3,(H,24,29). The fourth-order valence-electron chi connectivity index (χ4n) is 3.49. The van der Waals surface area contributed by atoms with Crippen LogP contribution in [0.5, 0.6) is 0 Å². The van der Waals surface area contributed by atoms with Crippen molar-refractivity contribution in [1.29, 1.82) is 0 Å². The van der Waals surface area contributed by atoms with Gasteiger partial charge >= 0.3 is 6.18 Å². The molecular weight excluding hydrogens is 423 g/mol. The van der Waals surface area contributed by atoms with Gasteiger partial charge in [-0.1, -0.05) is 22.8 Å². The third-order valence-electron chi connectivity index (χ3n) is 4.98. The number of anilines is 2. The molecule has 1 saturated heterocycles. The first kappa shape index (κ1) is 20.3. The smallest absolute Gasteiger partial charge is 0.355 e. The van der Waals surface area contributed by atoms with Gasteiger partial charge in [-0.2, -0.15) is 13.2 Å². The molecule has 158 valence electrons. The van der Waals surface area contributed by atoms with Crippen LogP contribution in [0.2, 0.25) is 5.02 Å². The van der Waals surface area contributed by atoms with Gasteiger partial charge in [-0.3, -0.25) is 4.79 Å². The predicted octanol–water partition coefficient (Wildman–Crippen LogP) is 3.58. The van der Waals surface area contributed by atoms with Crippen LogP contribution in [0.3, 0.4) is 0 Å². The maximum atomic E-state index is 13.4. The van der Waals surface area contributed by atoms with E-state index in [1.165, 1.54) is 31.4 Å². The molecule has 1 amide bonds. The summed E-state index contributed by atoms with van der Waals surface area (Å²) in [5.74, 6) is 0.399. The van der Waals surface area contributed by atoms with Crippen LogP contribution in [-0.2, 0) is 6.18 Å². The molecule has 1 aliphatic heterocycles. The Morgan fingerprint density at radius 2 is 1.83 bits per heavy atom. The van der Waals surface area contributed by atoms with E-state index in [-0.39, 0.29) is 22.7 Å². The van der Waals surface area contributed by atoms with Crippen molar-refractivity contribution in [2.75, 3.05) is 43.0 Å². The molecule has 7 nitrogen and oxygen atoms in total. The number of aromatic nitrogens is 2. The Morgan fingerprint density at radius 3 is 2.43 bits per heavy atom. The number of nitrogens with one attached hydrogen (secondary N) is 1. The minimum absolute atomic E-state index is 0.0375. The van der Waals surface area contributed by atoms with Gasteiger partial charge in [0, 0.05) is 39.4 Å². The van der Waals surface area contributed by atoms with E-state index < -0.39 is 11.7 Å². The first-order valence-corrected chi connectivity index (χ1v) is 9.50. The van der Waals surface area contributed by atoms with Gasteiger partial charge in [-0.25, -0.2) is 4.98 Å². The second kappa shape index (κ2) is 7.67. The van der Waals surface area contributed by atoms with Crippen LogP contribution in [0.1, 0.15) is 15.9 Å². The number of hydrogen-bond donors (Lipinski definition) is 1. The maximum Gasteiger partial charge on any atom is 0.417 e. The molecule has 30 heavy (non-hydrogen) atoms. The van der Waals surface area contributed by atoms with Crippen LogP contribution in [0.15, 0.2) is 35.0 Å². The van der Waals surface area contributed by atoms with E-state index in [4.69, 9.17) is 16.1 Å². The summed E-state index contributed by atoms with van der Waals surface area (Å²) in [5.41, 5.74) is -0.330. The summed E-state index contributed by atoms with van der Waals surface area (Å²) < 4.78 is 45.5. The second-order valence-electron chi connectivity index (χ2n) is 6.77. The van der Waals surface area contributed by atoms with E-state index in [0.717, 1.165) is 6.07 Å². The molecule has 2 aromatic heterocycles. The van der Waals surface area contributed by atoms with Gasteiger partial charge in [0.2, 0.25) is 0 Å². The Kier molecular flexibility index (Phi) is 5.19. The summed E-state index contributed by atoms with van der Waals surface area (Å²) in [4.78, 5) is 19.7. The number of pyridine rings is 1. The largest absolute Gasteiger partial charge is 0.417 e. The van der Waals surface area contributed by atoms with Crippen LogP contribution in [0.4, 0.5) is 24.8 Å². The molecule has 0 radical (unpaired) electrons. The van der Waals surface area contributed by atoms with Gasteiger partial charge in [0.15, 0.2) is 11.4 Å². The van der Waals surface area contributed by atoms with Crippen molar-refractivity contribution >= 4 is 40.1 Å². The van der Waals surface area contributed by atoms with Gasteiger partial charge in [0.05, 0.1) is 21.5 Å².